The monoisotopic (exact) mass is 662 g/mol. The van der Waals surface area contributed by atoms with Crippen molar-refractivity contribution in [2.75, 3.05) is 13.2 Å². The number of nitrogens with zero attached hydrogens (tertiary/aromatic N) is 1. The van der Waals surface area contributed by atoms with E-state index in [1.807, 2.05) is 44.2 Å². The average Bonchev–Trinajstić information content (AvgIpc) is 3.48. The Hall–Kier alpha value is -2.83. The molecule has 1 N–H and O–H groups in total. The van der Waals surface area contributed by atoms with E-state index in [1.165, 1.54) is 18.2 Å². The summed E-state index contributed by atoms with van der Waals surface area (Å²) in [4.78, 5) is 10.3. The van der Waals surface area contributed by atoms with Crippen LogP contribution in [0.2, 0.25) is 0 Å². The number of nitrogens with one attached hydrogen (secondary N) is 1. The molecule has 2 aromatic carbocycles. The van der Waals surface area contributed by atoms with Crippen LogP contribution in [0.3, 0.4) is 0 Å². The fourth-order valence-corrected chi connectivity index (χ4v) is 7.37. The molecule has 8 atom stereocenters. The molecule has 46 heavy (non-hydrogen) atoms. The summed E-state index contributed by atoms with van der Waals surface area (Å²) in [6, 6.07) is 13.7. The Morgan fingerprint density at radius 3 is 2.28 bits per heavy atom. The van der Waals surface area contributed by atoms with Gasteiger partial charge in [0.25, 0.3) is 5.69 Å². The van der Waals surface area contributed by atoms with Crippen LogP contribution in [0.5, 0.6) is 0 Å². The molecule has 3 fully saturated rings. The van der Waals surface area contributed by atoms with Gasteiger partial charge in [-0.1, -0.05) is 48.5 Å². The van der Waals surface area contributed by atoms with Gasteiger partial charge in [-0.05, 0) is 45.4 Å². The van der Waals surface area contributed by atoms with Crippen LogP contribution in [0.15, 0.2) is 71.6 Å². The lowest BCUT2D eigenvalue weighted by Gasteiger charge is -2.44. The number of ether oxygens (including phenoxy) is 8. The van der Waals surface area contributed by atoms with Crippen molar-refractivity contribution < 1.29 is 51.2 Å². The molecule has 15 heteroatoms. The maximum atomic E-state index is 13.3. The van der Waals surface area contributed by atoms with E-state index >= 15 is 0 Å². The highest BCUT2D eigenvalue weighted by Crippen LogP contribution is 2.44. The van der Waals surface area contributed by atoms with Crippen LogP contribution in [0, 0.1) is 10.1 Å². The maximum absolute atomic E-state index is 13.3. The Bertz CT molecular complexity index is 1530. The third-order valence-corrected chi connectivity index (χ3v) is 9.40. The molecule has 6 rings (SSSR count). The lowest BCUT2D eigenvalue weighted by Crippen LogP contribution is -2.57. The molecule has 0 saturated carbocycles. The lowest BCUT2D eigenvalue weighted by atomic mass is 10.0. The summed E-state index contributed by atoms with van der Waals surface area (Å²) in [5.41, 5.74) is 0.384. The van der Waals surface area contributed by atoms with Crippen LogP contribution in [0.4, 0.5) is 5.69 Å². The summed E-state index contributed by atoms with van der Waals surface area (Å²) >= 11 is 0. The Balaban J connectivity index is 1.15. The van der Waals surface area contributed by atoms with Crippen molar-refractivity contribution >= 4 is 15.7 Å². The van der Waals surface area contributed by atoms with Crippen LogP contribution < -0.4 is 4.72 Å². The van der Waals surface area contributed by atoms with Crippen molar-refractivity contribution in [3.63, 3.8) is 0 Å². The number of sulfonamides is 1. The van der Waals surface area contributed by atoms with Crippen molar-refractivity contribution in [2.45, 2.75) is 99.9 Å². The maximum Gasteiger partial charge on any atom is 0.289 e. The molecule has 0 aliphatic carbocycles. The third-order valence-electron chi connectivity index (χ3n) is 7.89. The molecule has 4 aliphatic rings. The van der Waals surface area contributed by atoms with Gasteiger partial charge in [0, 0.05) is 6.07 Å². The van der Waals surface area contributed by atoms with E-state index in [0.29, 0.717) is 0 Å². The molecular weight excluding hydrogens is 624 g/mol. The zero-order valence-corrected chi connectivity index (χ0v) is 26.7. The van der Waals surface area contributed by atoms with E-state index in [1.54, 1.807) is 26.0 Å². The standard InChI is InChI=1S/C31H38N2O12S/c1-30(2)42-23(26-27(43-30)28-29(41-26)45-31(3,4)44-28)18-39-25-15-14-20(22(40-25)17-38-16-19-10-6-5-7-11-19)32-46(36,37)24-13-9-8-12-21(24)33(34)35/h5-15,20,22-23,25-29,32H,16-18H2,1-4H3/t20-,22+,23+,25-,26+,27-,28+,29+/m0/s1. The SMILES string of the molecule is CC1(C)O[C@H]2O[C@H]3[C@H](OC(C)(C)O[C@@H]3CO[C@@H]3C=C[C@H](NS(=O)(=O)c4ccccc4[N+](=O)[O-])[C@@H](COCc4ccccc4)O3)[C@H]2O1. The minimum atomic E-state index is -4.32. The predicted octanol–water partition coefficient (Wildman–Crippen LogP) is 3.15. The van der Waals surface area contributed by atoms with E-state index < -0.39 is 86.2 Å². The molecule has 2 aromatic rings. The minimum Gasteiger partial charge on any atom is -0.374 e. The summed E-state index contributed by atoms with van der Waals surface area (Å²) in [5.74, 6) is -1.76. The molecule has 0 aromatic heterocycles. The second-order valence-corrected chi connectivity index (χ2v) is 14.0. The van der Waals surface area contributed by atoms with Gasteiger partial charge in [0.05, 0.1) is 30.8 Å². The zero-order chi connectivity index (χ0) is 32.7. The summed E-state index contributed by atoms with van der Waals surface area (Å²) in [6.45, 7) is 7.53. The van der Waals surface area contributed by atoms with Gasteiger partial charge in [-0.25, -0.2) is 13.1 Å². The van der Waals surface area contributed by atoms with Gasteiger partial charge in [0.1, 0.15) is 30.5 Å². The van der Waals surface area contributed by atoms with Gasteiger partial charge in [-0.2, -0.15) is 0 Å². The number of nitro benzene ring substituents is 1. The number of para-hydroxylation sites is 1. The fraction of sp³-hybridized carbons (Fsp3) is 0.548. The topological polar surface area (TPSA) is 163 Å². The largest absolute Gasteiger partial charge is 0.374 e. The summed E-state index contributed by atoms with van der Waals surface area (Å²) < 4.78 is 77.8. The van der Waals surface area contributed by atoms with E-state index in [2.05, 4.69) is 4.72 Å². The Morgan fingerprint density at radius 2 is 1.52 bits per heavy atom. The molecule has 0 unspecified atom stereocenters. The smallest absolute Gasteiger partial charge is 0.289 e. The van der Waals surface area contributed by atoms with Gasteiger partial charge < -0.3 is 37.9 Å². The van der Waals surface area contributed by atoms with Gasteiger partial charge >= 0.3 is 0 Å². The first kappa shape index (κ1) is 33.1. The number of hydrogen-bond donors (Lipinski definition) is 1. The quantitative estimate of drug-likeness (QED) is 0.213. The number of nitro groups is 1. The highest BCUT2D eigenvalue weighted by molar-refractivity contribution is 7.89. The van der Waals surface area contributed by atoms with Gasteiger partial charge in [0.2, 0.25) is 10.0 Å². The molecular formula is C31H38N2O12S. The van der Waals surface area contributed by atoms with Crippen LogP contribution in [0.25, 0.3) is 0 Å². The molecule has 0 spiro atoms. The highest BCUT2D eigenvalue weighted by atomic mass is 32.2. The summed E-state index contributed by atoms with van der Waals surface area (Å²) in [5, 5.41) is 11.5. The molecule has 250 valence electrons. The molecule has 14 nitrogen and oxygen atoms in total. The minimum absolute atomic E-state index is 0.00834. The van der Waals surface area contributed by atoms with Crippen molar-refractivity contribution in [1.82, 2.24) is 4.72 Å². The third kappa shape index (κ3) is 7.33. The Morgan fingerprint density at radius 1 is 0.826 bits per heavy atom. The Kier molecular flexibility index (Phi) is 9.35. The first-order valence-electron chi connectivity index (χ1n) is 15.0. The van der Waals surface area contributed by atoms with E-state index in [-0.39, 0.29) is 19.8 Å². The van der Waals surface area contributed by atoms with E-state index in [9.17, 15) is 18.5 Å². The molecule has 0 amide bonds. The van der Waals surface area contributed by atoms with Crippen molar-refractivity contribution in [3.8, 4) is 0 Å². The molecule has 3 saturated heterocycles. The average molecular weight is 663 g/mol. The normalized spacial score (nSPS) is 33.0. The van der Waals surface area contributed by atoms with E-state index in [0.717, 1.165) is 11.6 Å². The van der Waals surface area contributed by atoms with E-state index in [4.69, 9.17) is 37.9 Å². The second-order valence-electron chi connectivity index (χ2n) is 12.3. The van der Waals surface area contributed by atoms with Crippen molar-refractivity contribution in [2.24, 2.45) is 0 Å². The molecule has 4 aliphatic heterocycles. The highest BCUT2D eigenvalue weighted by Gasteiger charge is 2.61. The fourth-order valence-electron chi connectivity index (χ4n) is 5.98. The number of rotatable bonds is 11. The van der Waals surface area contributed by atoms with Crippen LogP contribution >= 0.6 is 0 Å². The van der Waals surface area contributed by atoms with Crippen molar-refractivity contribution in [1.29, 1.82) is 0 Å². The van der Waals surface area contributed by atoms with Crippen molar-refractivity contribution in [3.05, 3.63) is 82.4 Å². The second kappa shape index (κ2) is 13.0. The number of hydrogen-bond acceptors (Lipinski definition) is 12. The van der Waals surface area contributed by atoms with Crippen LogP contribution in [-0.2, 0) is 54.5 Å². The molecule has 0 radical (unpaired) electrons. The van der Waals surface area contributed by atoms with Crippen LogP contribution in [0.1, 0.15) is 33.3 Å². The van der Waals surface area contributed by atoms with Crippen LogP contribution in [-0.4, -0.2) is 87.3 Å². The molecule has 0 bridgehead atoms. The zero-order valence-electron chi connectivity index (χ0n) is 25.8. The van der Waals surface area contributed by atoms with Gasteiger partial charge in [-0.15, -0.1) is 0 Å². The first-order valence-corrected chi connectivity index (χ1v) is 16.5. The lowest BCUT2D eigenvalue weighted by molar-refractivity contribution is -0.387. The van der Waals surface area contributed by atoms with Gasteiger partial charge in [-0.3, -0.25) is 10.1 Å². The predicted molar refractivity (Wildman–Crippen MR) is 160 cm³/mol. The number of fused-ring (bicyclic) bond motifs is 3. The molecule has 4 heterocycles. The Labute approximate surface area is 267 Å². The number of benzene rings is 2. The first-order chi connectivity index (χ1) is 21.8. The summed E-state index contributed by atoms with van der Waals surface area (Å²) in [6.07, 6.45) is -1.16. The summed E-state index contributed by atoms with van der Waals surface area (Å²) in [7, 11) is -4.32. The van der Waals surface area contributed by atoms with Gasteiger partial charge in [0.15, 0.2) is 29.0 Å².